The van der Waals surface area contributed by atoms with E-state index in [1.807, 2.05) is 0 Å². The smallest absolute Gasteiger partial charge is 0.353 e. The van der Waals surface area contributed by atoms with Gasteiger partial charge in [0.2, 0.25) is 6.41 Å². The van der Waals surface area contributed by atoms with Gasteiger partial charge in [0.15, 0.2) is 5.54 Å². The molecule has 9 heteroatoms. The summed E-state index contributed by atoms with van der Waals surface area (Å²) in [4.78, 5) is 26.0. The Hall–Kier alpha value is -2.97. The van der Waals surface area contributed by atoms with E-state index < -0.39 is 42.2 Å². The van der Waals surface area contributed by atoms with Crippen molar-refractivity contribution in [2.75, 3.05) is 11.4 Å². The monoisotopic (exact) mass is 412 g/mol. The summed E-state index contributed by atoms with van der Waals surface area (Å²) in [6.07, 6.45) is -5.03. The Labute approximate surface area is 163 Å². The molecule has 3 rings (SSSR count). The number of halogens is 5. The third-order valence-corrected chi connectivity index (χ3v) is 4.93. The minimum Gasteiger partial charge on any atom is -0.353 e. The number of carbonyl (C=O) groups excluding carboxylic acids is 2. The number of fused-ring (bicyclic) bond motifs is 1. The summed E-state index contributed by atoms with van der Waals surface area (Å²) in [7, 11) is 0. The number of nitrogens with one attached hydrogen (secondary N) is 1. The number of anilines is 1. The van der Waals surface area contributed by atoms with Gasteiger partial charge in [0.25, 0.3) is 5.91 Å². The molecule has 1 aliphatic rings. The van der Waals surface area contributed by atoms with Crippen LogP contribution in [0.25, 0.3) is 0 Å². The van der Waals surface area contributed by atoms with E-state index in [-0.39, 0.29) is 18.5 Å². The standard InChI is InChI=1S/C20H17F5N2O2/c21-14-9-15(22)11-16(10-14)27(12-28)19(18(29)26-8-7-20(23,24)25)6-5-13-3-1-2-4-17(13)19/h1-4,9-12H,5-8H2,(H,26,29). The predicted molar refractivity (Wildman–Crippen MR) is 95.0 cm³/mol. The largest absolute Gasteiger partial charge is 0.390 e. The van der Waals surface area contributed by atoms with E-state index in [0.29, 0.717) is 18.1 Å². The van der Waals surface area contributed by atoms with Gasteiger partial charge in [-0.3, -0.25) is 14.5 Å². The summed E-state index contributed by atoms with van der Waals surface area (Å²) in [5.74, 6) is -2.75. The normalized spacial score (nSPS) is 18.2. The van der Waals surface area contributed by atoms with Gasteiger partial charge in [-0.1, -0.05) is 24.3 Å². The first kappa shape index (κ1) is 20.8. The van der Waals surface area contributed by atoms with Gasteiger partial charge in [-0.25, -0.2) is 8.78 Å². The van der Waals surface area contributed by atoms with E-state index in [1.54, 1.807) is 24.3 Å². The number of hydrogen-bond donors (Lipinski definition) is 1. The quantitative estimate of drug-likeness (QED) is 0.579. The SMILES string of the molecule is O=CN(c1cc(F)cc(F)c1)C1(C(=O)NCCC(F)(F)F)CCc2ccccc21. The fraction of sp³-hybridized carbons (Fsp3) is 0.300. The highest BCUT2D eigenvalue weighted by atomic mass is 19.4. The molecule has 1 atom stereocenters. The molecule has 0 fully saturated rings. The highest BCUT2D eigenvalue weighted by Gasteiger charge is 2.50. The molecule has 1 unspecified atom stereocenters. The van der Waals surface area contributed by atoms with Crippen LogP contribution in [-0.2, 0) is 21.5 Å². The number of rotatable bonds is 6. The van der Waals surface area contributed by atoms with Gasteiger partial charge in [0.05, 0.1) is 12.1 Å². The zero-order valence-electron chi connectivity index (χ0n) is 15.1. The van der Waals surface area contributed by atoms with Gasteiger partial charge in [-0.05, 0) is 36.1 Å². The molecule has 1 aliphatic carbocycles. The van der Waals surface area contributed by atoms with E-state index in [2.05, 4.69) is 5.32 Å². The fourth-order valence-electron chi connectivity index (χ4n) is 3.70. The maximum absolute atomic E-state index is 13.8. The lowest BCUT2D eigenvalue weighted by Crippen LogP contribution is -2.55. The molecule has 0 saturated carbocycles. The number of alkyl halides is 3. The molecule has 2 aromatic rings. The van der Waals surface area contributed by atoms with Crippen LogP contribution < -0.4 is 10.2 Å². The highest BCUT2D eigenvalue weighted by Crippen LogP contribution is 2.43. The van der Waals surface area contributed by atoms with Crippen LogP contribution >= 0.6 is 0 Å². The topological polar surface area (TPSA) is 49.4 Å². The van der Waals surface area contributed by atoms with E-state index >= 15 is 0 Å². The van der Waals surface area contributed by atoms with Crippen molar-refractivity contribution in [1.29, 1.82) is 0 Å². The van der Waals surface area contributed by atoms with Crippen LogP contribution in [0.5, 0.6) is 0 Å². The molecule has 2 amide bonds. The van der Waals surface area contributed by atoms with Crippen molar-refractivity contribution in [2.45, 2.75) is 31.0 Å². The Balaban J connectivity index is 2.06. The molecular formula is C20H17F5N2O2. The van der Waals surface area contributed by atoms with Crippen molar-refractivity contribution < 1.29 is 31.5 Å². The first-order valence-corrected chi connectivity index (χ1v) is 8.81. The van der Waals surface area contributed by atoms with Crippen molar-refractivity contribution in [3.63, 3.8) is 0 Å². The van der Waals surface area contributed by atoms with Gasteiger partial charge in [0, 0.05) is 12.6 Å². The maximum atomic E-state index is 13.8. The van der Waals surface area contributed by atoms with Crippen LogP contribution in [0.2, 0.25) is 0 Å². The molecule has 29 heavy (non-hydrogen) atoms. The second-order valence-corrected chi connectivity index (χ2v) is 6.74. The van der Waals surface area contributed by atoms with Crippen molar-refractivity contribution in [2.24, 2.45) is 0 Å². The van der Waals surface area contributed by atoms with Gasteiger partial charge < -0.3 is 5.32 Å². The Morgan fingerprint density at radius 1 is 1.14 bits per heavy atom. The van der Waals surface area contributed by atoms with Crippen LogP contribution in [0, 0.1) is 11.6 Å². The third-order valence-electron chi connectivity index (χ3n) is 4.93. The molecule has 2 aromatic carbocycles. The Kier molecular flexibility index (Phi) is 5.59. The summed E-state index contributed by atoms with van der Waals surface area (Å²) in [6.45, 7) is -0.684. The van der Waals surface area contributed by atoms with Crippen LogP contribution in [0.4, 0.5) is 27.6 Å². The van der Waals surface area contributed by atoms with Crippen molar-refractivity contribution in [3.05, 3.63) is 65.2 Å². The number of amides is 2. The Morgan fingerprint density at radius 2 is 1.79 bits per heavy atom. The lowest BCUT2D eigenvalue weighted by Gasteiger charge is -2.38. The van der Waals surface area contributed by atoms with E-state index in [9.17, 15) is 31.5 Å². The second-order valence-electron chi connectivity index (χ2n) is 6.74. The molecule has 0 aromatic heterocycles. The van der Waals surface area contributed by atoms with Crippen molar-refractivity contribution in [1.82, 2.24) is 5.32 Å². The summed E-state index contributed by atoms with van der Waals surface area (Å²) in [5, 5.41) is 2.23. The van der Waals surface area contributed by atoms with Crippen LogP contribution in [-0.4, -0.2) is 25.0 Å². The summed E-state index contributed by atoms with van der Waals surface area (Å²) >= 11 is 0. The lowest BCUT2D eigenvalue weighted by atomic mass is 9.88. The maximum Gasteiger partial charge on any atom is 0.390 e. The average molecular weight is 412 g/mol. The molecule has 0 bridgehead atoms. The average Bonchev–Trinajstić information content (AvgIpc) is 3.01. The molecule has 4 nitrogen and oxygen atoms in total. The molecule has 0 saturated heterocycles. The van der Waals surface area contributed by atoms with E-state index in [1.165, 1.54) is 0 Å². The molecule has 0 aliphatic heterocycles. The molecule has 154 valence electrons. The van der Waals surface area contributed by atoms with Gasteiger partial charge >= 0.3 is 6.18 Å². The third kappa shape index (κ3) is 4.08. The lowest BCUT2D eigenvalue weighted by molar-refractivity contribution is -0.137. The molecule has 0 radical (unpaired) electrons. The van der Waals surface area contributed by atoms with Crippen LogP contribution in [0.1, 0.15) is 24.0 Å². The van der Waals surface area contributed by atoms with E-state index in [0.717, 1.165) is 22.6 Å². The Bertz CT molecular complexity index is 911. The summed E-state index contributed by atoms with van der Waals surface area (Å²) in [5.41, 5.74) is -0.798. The minimum absolute atomic E-state index is 0.0566. The first-order chi connectivity index (χ1) is 13.7. The number of hydrogen-bond acceptors (Lipinski definition) is 2. The van der Waals surface area contributed by atoms with E-state index in [4.69, 9.17) is 0 Å². The predicted octanol–water partition coefficient (Wildman–Crippen LogP) is 3.84. The zero-order chi connectivity index (χ0) is 21.2. The molecule has 0 heterocycles. The fourth-order valence-corrected chi connectivity index (χ4v) is 3.70. The number of benzene rings is 2. The molecular weight excluding hydrogens is 395 g/mol. The zero-order valence-corrected chi connectivity index (χ0v) is 15.1. The number of aryl methyl sites for hydroxylation is 1. The van der Waals surface area contributed by atoms with Crippen LogP contribution in [0.15, 0.2) is 42.5 Å². The molecule has 0 spiro atoms. The highest BCUT2D eigenvalue weighted by molar-refractivity contribution is 5.98. The van der Waals surface area contributed by atoms with Crippen LogP contribution in [0.3, 0.4) is 0 Å². The number of nitrogens with zero attached hydrogens (tertiary/aromatic N) is 1. The second kappa shape index (κ2) is 7.81. The molecule has 1 N–H and O–H groups in total. The minimum atomic E-state index is -4.47. The number of carbonyl (C=O) groups is 2. The van der Waals surface area contributed by atoms with Crippen molar-refractivity contribution in [3.8, 4) is 0 Å². The van der Waals surface area contributed by atoms with Crippen molar-refractivity contribution >= 4 is 18.0 Å². The Morgan fingerprint density at radius 3 is 2.41 bits per heavy atom. The summed E-state index contributed by atoms with van der Waals surface area (Å²) < 4.78 is 65.0. The first-order valence-electron chi connectivity index (χ1n) is 8.81. The van der Waals surface area contributed by atoms with Gasteiger partial charge in [-0.15, -0.1) is 0 Å². The van der Waals surface area contributed by atoms with Gasteiger partial charge in [0.1, 0.15) is 11.6 Å². The van der Waals surface area contributed by atoms with Gasteiger partial charge in [-0.2, -0.15) is 13.2 Å². The summed E-state index contributed by atoms with van der Waals surface area (Å²) in [6, 6.07) is 9.06.